The summed E-state index contributed by atoms with van der Waals surface area (Å²) in [4.78, 5) is 11.6. The van der Waals surface area contributed by atoms with E-state index in [9.17, 15) is 4.79 Å². The molecule has 2 fully saturated rings. The Bertz CT molecular complexity index is 718. The van der Waals surface area contributed by atoms with Crippen molar-refractivity contribution in [3.8, 4) is 0 Å². The third-order valence-corrected chi connectivity index (χ3v) is 9.27. The summed E-state index contributed by atoms with van der Waals surface area (Å²) in [6, 6.07) is 0. The van der Waals surface area contributed by atoms with Gasteiger partial charge < -0.3 is 9.16 Å². The molecule has 4 rings (SSSR count). The summed E-state index contributed by atoms with van der Waals surface area (Å²) in [5, 5.41) is 0. The van der Waals surface area contributed by atoms with Crippen LogP contribution in [0.2, 0.25) is 19.6 Å². The van der Waals surface area contributed by atoms with E-state index in [2.05, 4.69) is 45.6 Å². The molecular weight excluding hydrogens is 364 g/mol. The topological polar surface area (TPSA) is 35.5 Å². The summed E-state index contributed by atoms with van der Waals surface area (Å²) in [7, 11) is -1.55. The fraction of sp³-hybridized carbons (Fsp3) is 0.792. The molecule has 0 saturated heterocycles. The number of ether oxygens (including phenoxy) is 1. The number of carbonyl (C=O) groups is 1. The van der Waals surface area contributed by atoms with Gasteiger partial charge >= 0.3 is 5.97 Å². The number of hydrogen-bond donors (Lipinski definition) is 0. The van der Waals surface area contributed by atoms with Gasteiger partial charge in [-0.25, -0.2) is 0 Å². The molecule has 6 atom stereocenters. The number of allylic oxidation sites excluding steroid dienone is 4. The largest absolute Gasteiger partial charge is 0.547 e. The van der Waals surface area contributed by atoms with Crippen molar-refractivity contribution in [1.82, 2.24) is 0 Å². The molecule has 0 N–H and O–H groups in total. The van der Waals surface area contributed by atoms with E-state index in [0.717, 1.165) is 24.7 Å². The van der Waals surface area contributed by atoms with Crippen LogP contribution in [0.1, 0.15) is 65.7 Å². The Morgan fingerprint density at radius 1 is 1.11 bits per heavy atom. The van der Waals surface area contributed by atoms with Crippen LogP contribution in [0, 0.1) is 28.6 Å². The molecule has 3 nitrogen and oxygen atoms in total. The SMILES string of the molecule is CC(=O)O[C@H]1CC[C@H]2[C@@H]3CC=C4C=C(O[Si](C)(C)C)CC[C@]4(C)[C@H]3CC[C@]12C. The van der Waals surface area contributed by atoms with Gasteiger partial charge in [-0.3, -0.25) is 4.79 Å². The number of hydrogen-bond acceptors (Lipinski definition) is 3. The fourth-order valence-corrected chi connectivity index (χ4v) is 8.07. The second-order valence-electron chi connectivity index (χ2n) is 11.2. The molecule has 28 heavy (non-hydrogen) atoms. The molecule has 0 aromatic heterocycles. The minimum Gasteiger partial charge on any atom is -0.547 e. The van der Waals surface area contributed by atoms with Crippen LogP contribution in [0.25, 0.3) is 0 Å². The van der Waals surface area contributed by atoms with E-state index >= 15 is 0 Å². The van der Waals surface area contributed by atoms with Gasteiger partial charge in [-0.2, -0.15) is 0 Å². The smallest absolute Gasteiger partial charge is 0.302 e. The van der Waals surface area contributed by atoms with E-state index in [1.165, 1.54) is 43.4 Å². The van der Waals surface area contributed by atoms with E-state index in [1.54, 1.807) is 6.92 Å². The molecule has 0 aliphatic heterocycles. The van der Waals surface area contributed by atoms with Crippen LogP contribution in [-0.4, -0.2) is 20.4 Å². The van der Waals surface area contributed by atoms with E-state index in [-0.39, 0.29) is 22.9 Å². The van der Waals surface area contributed by atoms with Gasteiger partial charge in [-0.05, 0) is 93.0 Å². The van der Waals surface area contributed by atoms with Crippen LogP contribution in [0.15, 0.2) is 23.5 Å². The number of fused-ring (bicyclic) bond motifs is 5. The Hall–Kier alpha value is -1.03. The summed E-state index contributed by atoms with van der Waals surface area (Å²) < 4.78 is 12.1. The van der Waals surface area contributed by atoms with Gasteiger partial charge in [-0.1, -0.05) is 19.9 Å². The van der Waals surface area contributed by atoms with Gasteiger partial charge in [0, 0.05) is 18.8 Å². The van der Waals surface area contributed by atoms with Crippen molar-refractivity contribution in [3.63, 3.8) is 0 Å². The number of esters is 1. The zero-order valence-electron chi connectivity index (χ0n) is 18.6. The quantitative estimate of drug-likeness (QED) is 0.415. The molecule has 0 aromatic carbocycles. The van der Waals surface area contributed by atoms with E-state index < -0.39 is 8.32 Å². The summed E-state index contributed by atoms with van der Waals surface area (Å²) in [6.07, 6.45) is 13.2. The summed E-state index contributed by atoms with van der Waals surface area (Å²) in [5.74, 6) is 3.29. The van der Waals surface area contributed by atoms with Gasteiger partial charge in [0.1, 0.15) is 6.10 Å². The molecule has 0 unspecified atom stereocenters. The lowest BCUT2D eigenvalue weighted by Gasteiger charge is -2.56. The van der Waals surface area contributed by atoms with Crippen LogP contribution in [0.4, 0.5) is 0 Å². The Labute approximate surface area is 172 Å². The third-order valence-electron chi connectivity index (χ3n) is 8.39. The lowest BCUT2D eigenvalue weighted by atomic mass is 9.48. The maximum atomic E-state index is 11.6. The highest BCUT2D eigenvalue weighted by Crippen LogP contribution is 2.65. The van der Waals surface area contributed by atoms with Gasteiger partial charge in [0.2, 0.25) is 8.32 Å². The number of rotatable bonds is 3. The van der Waals surface area contributed by atoms with E-state index in [1.807, 2.05) is 0 Å². The second-order valence-corrected chi connectivity index (χ2v) is 15.7. The number of carbonyl (C=O) groups excluding carboxylic acids is 1. The first-order chi connectivity index (χ1) is 13.0. The maximum Gasteiger partial charge on any atom is 0.302 e. The second kappa shape index (κ2) is 6.75. The highest BCUT2D eigenvalue weighted by Gasteiger charge is 2.59. The molecule has 0 amide bonds. The highest BCUT2D eigenvalue weighted by atomic mass is 28.4. The predicted octanol–water partition coefficient (Wildman–Crippen LogP) is 6.23. The van der Waals surface area contributed by atoms with Crippen molar-refractivity contribution in [3.05, 3.63) is 23.5 Å². The lowest BCUT2D eigenvalue weighted by molar-refractivity contribution is -0.156. The molecule has 2 saturated carbocycles. The van der Waals surface area contributed by atoms with Gasteiger partial charge in [0.05, 0.1) is 5.76 Å². The predicted molar refractivity (Wildman–Crippen MR) is 115 cm³/mol. The first-order valence-corrected chi connectivity index (χ1v) is 14.7. The molecule has 4 heteroatoms. The van der Waals surface area contributed by atoms with Crippen molar-refractivity contribution in [1.29, 1.82) is 0 Å². The highest BCUT2D eigenvalue weighted by molar-refractivity contribution is 6.70. The zero-order chi connectivity index (χ0) is 20.3. The van der Waals surface area contributed by atoms with Gasteiger partial charge in [0.15, 0.2) is 0 Å². The Balaban J connectivity index is 1.59. The minimum atomic E-state index is -1.55. The molecule has 4 aliphatic carbocycles. The summed E-state index contributed by atoms with van der Waals surface area (Å²) in [6.45, 7) is 13.3. The van der Waals surface area contributed by atoms with Crippen molar-refractivity contribution >= 4 is 14.3 Å². The molecule has 0 heterocycles. The monoisotopic (exact) mass is 402 g/mol. The molecule has 156 valence electrons. The average molecular weight is 403 g/mol. The van der Waals surface area contributed by atoms with Crippen molar-refractivity contribution in [2.75, 3.05) is 0 Å². The maximum absolute atomic E-state index is 11.6. The minimum absolute atomic E-state index is 0.112. The summed E-state index contributed by atoms with van der Waals surface area (Å²) in [5.41, 5.74) is 1.99. The molecule has 4 aliphatic rings. The Morgan fingerprint density at radius 2 is 1.86 bits per heavy atom. The van der Waals surface area contributed by atoms with Crippen LogP contribution in [0.3, 0.4) is 0 Å². The molecule has 0 bridgehead atoms. The standard InChI is InChI=1S/C24H38O3Si/c1-16(25)26-22-10-9-20-19-8-7-17-15-18(27-28(4,5)6)11-13-23(17,2)21(19)12-14-24(20,22)3/h7,15,19-22H,8-14H2,1-6H3/t19-,20-,21-,22-,23-,24-/m0/s1. The Kier molecular flexibility index (Phi) is 4.88. The lowest BCUT2D eigenvalue weighted by Crippen LogP contribution is -2.50. The van der Waals surface area contributed by atoms with Crippen molar-refractivity contribution in [2.24, 2.45) is 28.6 Å². The third kappa shape index (κ3) is 3.30. The zero-order valence-corrected chi connectivity index (χ0v) is 19.6. The van der Waals surface area contributed by atoms with Crippen LogP contribution in [0.5, 0.6) is 0 Å². The van der Waals surface area contributed by atoms with E-state index in [4.69, 9.17) is 9.16 Å². The van der Waals surface area contributed by atoms with Gasteiger partial charge in [-0.15, -0.1) is 0 Å². The molecule has 0 radical (unpaired) electrons. The summed E-state index contributed by atoms with van der Waals surface area (Å²) >= 11 is 0. The molecular formula is C24H38O3Si. The van der Waals surface area contributed by atoms with Crippen LogP contribution >= 0.6 is 0 Å². The van der Waals surface area contributed by atoms with E-state index in [0.29, 0.717) is 5.92 Å². The van der Waals surface area contributed by atoms with Crippen LogP contribution < -0.4 is 0 Å². The fourth-order valence-electron chi connectivity index (χ4n) is 7.12. The molecule has 0 aromatic rings. The average Bonchev–Trinajstić information content (AvgIpc) is 2.90. The van der Waals surface area contributed by atoms with Crippen LogP contribution in [-0.2, 0) is 14.0 Å². The van der Waals surface area contributed by atoms with Crippen molar-refractivity contribution in [2.45, 2.75) is 91.5 Å². The van der Waals surface area contributed by atoms with Crippen molar-refractivity contribution < 1.29 is 14.0 Å². The first-order valence-electron chi connectivity index (χ1n) is 11.3. The normalized spacial score (nSPS) is 42.5. The molecule has 0 spiro atoms. The van der Waals surface area contributed by atoms with Gasteiger partial charge in [0.25, 0.3) is 0 Å². The first kappa shape index (κ1) is 20.2. The Morgan fingerprint density at radius 3 is 2.54 bits per heavy atom.